The van der Waals surface area contributed by atoms with Gasteiger partial charge in [0.1, 0.15) is 0 Å². The highest BCUT2D eigenvalue weighted by molar-refractivity contribution is 5.75. The van der Waals surface area contributed by atoms with Gasteiger partial charge >= 0.3 is 0 Å². The Morgan fingerprint density at radius 2 is 2.40 bits per heavy atom. The zero-order valence-electron chi connectivity index (χ0n) is 8.18. The predicted octanol–water partition coefficient (Wildman–Crippen LogP) is -0.0908. The van der Waals surface area contributed by atoms with Crippen molar-refractivity contribution in [2.24, 2.45) is 5.73 Å². The van der Waals surface area contributed by atoms with Crippen molar-refractivity contribution in [2.45, 2.75) is 6.54 Å². The number of fused-ring (bicyclic) bond motifs is 1. The first kappa shape index (κ1) is 9.67. The Kier molecular flexibility index (Phi) is 2.64. The lowest BCUT2D eigenvalue weighted by molar-refractivity contribution is -0.117. The van der Waals surface area contributed by atoms with Crippen molar-refractivity contribution < 1.29 is 4.79 Å². The van der Waals surface area contributed by atoms with Crippen LogP contribution in [0.25, 0.3) is 5.52 Å². The van der Waals surface area contributed by atoms with Crippen molar-refractivity contribution in [2.75, 3.05) is 6.54 Å². The number of carbonyl (C=O) groups is 1. The predicted molar refractivity (Wildman–Crippen MR) is 56.1 cm³/mol. The van der Waals surface area contributed by atoms with Gasteiger partial charge in [-0.1, -0.05) is 6.07 Å². The van der Waals surface area contributed by atoms with E-state index in [1.165, 1.54) is 0 Å². The molecule has 15 heavy (non-hydrogen) atoms. The van der Waals surface area contributed by atoms with Gasteiger partial charge in [0.15, 0.2) is 0 Å². The van der Waals surface area contributed by atoms with E-state index < -0.39 is 0 Å². The van der Waals surface area contributed by atoms with Gasteiger partial charge in [0.05, 0.1) is 18.3 Å². The molecule has 1 amide bonds. The van der Waals surface area contributed by atoms with Gasteiger partial charge in [0, 0.05) is 18.3 Å². The third kappa shape index (κ3) is 2.13. The molecule has 78 valence electrons. The summed E-state index contributed by atoms with van der Waals surface area (Å²) in [6.07, 6.45) is 3.66. The third-order valence-electron chi connectivity index (χ3n) is 2.12. The topological polar surface area (TPSA) is 72.4 Å². The Labute approximate surface area is 86.9 Å². The van der Waals surface area contributed by atoms with E-state index in [4.69, 9.17) is 5.73 Å². The van der Waals surface area contributed by atoms with Crippen molar-refractivity contribution in [3.05, 3.63) is 36.2 Å². The number of hydrogen-bond donors (Lipinski definition) is 2. The van der Waals surface area contributed by atoms with Gasteiger partial charge in [-0.2, -0.15) is 5.10 Å². The second kappa shape index (κ2) is 4.10. The lowest BCUT2D eigenvalue weighted by atomic mass is 10.2. The van der Waals surface area contributed by atoms with Gasteiger partial charge in [0.2, 0.25) is 5.91 Å². The van der Waals surface area contributed by atoms with Gasteiger partial charge in [-0.3, -0.25) is 4.79 Å². The van der Waals surface area contributed by atoms with Crippen LogP contribution >= 0.6 is 0 Å². The van der Waals surface area contributed by atoms with Crippen LogP contribution < -0.4 is 11.1 Å². The number of amides is 1. The second-order valence-corrected chi connectivity index (χ2v) is 3.27. The third-order valence-corrected chi connectivity index (χ3v) is 2.12. The van der Waals surface area contributed by atoms with Gasteiger partial charge in [0.25, 0.3) is 0 Å². The summed E-state index contributed by atoms with van der Waals surface area (Å²) < 4.78 is 1.79. The van der Waals surface area contributed by atoms with E-state index in [1.807, 2.05) is 24.4 Å². The number of carbonyl (C=O) groups excluding carboxylic acids is 1. The van der Waals surface area contributed by atoms with Crippen molar-refractivity contribution >= 4 is 11.4 Å². The van der Waals surface area contributed by atoms with E-state index in [2.05, 4.69) is 10.4 Å². The molecule has 0 spiro atoms. The fourth-order valence-corrected chi connectivity index (χ4v) is 1.44. The Balaban J connectivity index is 2.11. The first-order valence-corrected chi connectivity index (χ1v) is 4.67. The average Bonchev–Trinajstić information content (AvgIpc) is 2.62. The Morgan fingerprint density at radius 3 is 3.20 bits per heavy atom. The van der Waals surface area contributed by atoms with E-state index in [0.29, 0.717) is 6.54 Å². The molecule has 0 saturated carbocycles. The molecule has 3 N–H and O–H groups in total. The Hall–Kier alpha value is -1.88. The van der Waals surface area contributed by atoms with Crippen molar-refractivity contribution in [3.8, 4) is 0 Å². The summed E-state index contributed by atoms with van der Waals surface area (Å²) >= 11 is 0. The molecule has 2 heterocycles. The second-order valence-electron chi connectivity index (χ2n) is 3.27. The molecule has 0 fully saturated rings. The minimum Gasteiger partial charge on any atom is -0.369 e. The van der Waals surface area contributed by atoms with Gasteiger partial charge in [-0.15, -0.1) is 0 Å². The Bertz CT molecular complexity index is 477. The van der Waals surface area contributed by atoms with Crippen LogP contribution in [0.15, 0.2) is 30.6 Å². The number of aromatic nitrogens is 2. The molecule has 0 aliphatic heterocycles. The number of nitrogens with one attached hydrogen (secondary N) is 1. The van der Waals surface area contributed by atoms with Gasteiger partial charge in [-0.05, 0) is 12.1 Å². The van der Waals surface area contributed by atoms with E-state index in [0.717, 1.165) is 11.1 Å². The summed E-state index contributed by atoms with van der Waals surface area (Å²) in [6, 6.07) is 5.85. The van der Waals surface area contributed by atoms with Crippen molar-refractivity contribution in [3.63, 3.8) is 0 Å². The summed E-state index contributed by atoms with van der Waals surface area (Å²) in [5.41, 5.74) is 7.11. The molecule has 0 bridgehead atoms. The van der Waals surface area contributed by atoms with Crippen LogP contribution in [0.2, 0.25) is 0 Å². The molecule has 2 aromatic rings. The normalized spacial score (nSPS) is 10.7. The molecule has 0 radical (unpaired) electrons. The first-order valence-electron chi connectivity index (χ1n) is 4.67. The van der Waals surface area contributed by atoms with Crippen LogP contribution in [-0.2, 0) is 11.3 Å². The molecule has 0 aromatic carbocycles. The summed E-state index contributed by atoms with van der Waals surface area (Å²) in [7, 11) is 0. The molecule has 0 saturated heterocycles. The highest BCUT2D eigenvalue weighted by Gasteiger charge is 2.02. The first-order chi connectivity index (χ1) is 7.27. The SMILES string of the molecule is NC(=O)CNCc1cnn2ccccc12. The number of rotatable bonds is 4. The van der Waals surface area contributed by atoms with E-state index in [1.54, 1.807) is 10.7 Å². The van der Waals surface area contributed by atoms with Gasteiger partial charge < -0.3 is 11.1 Å². The largest absolute Gasteiger partial charge is 0.369 e. The molecule has 0 aliphatic rings. The maximum atomic E-state index is 10.5. The van der Waals surface area contributed by atoms with E-state index >= 15 is 0 Å². The molecule has 0 aliphatic carbocycles. The number of primary amides is 1. The highest BCUT2D eigenvalue weighted by Crippen LogP contribution is 2.08. The minimum atomic E-state index is -0.355. The molecule has 5 heteroatoms. The van der Waals surface area contributed by atoms with Crippen molar-refractivity contribution in [1.82, 2.24) is 14.9 Å². The number of hydrogen-bond acceptors (Lipinski definition) is 3. The zero-order chi connectivity index (χ0) is 10.7. The standard InChI is InChI=1S/C10H12N4O/c11-10(15)7-12-5-8-6-13-14-4-2-1-3-9(8)14/h1-4,6,12H,5,7H2,(H2,11,15). The summed E-state index contributed by atoms with van der Waals surface area (Å²) in [4.78, 5) is 10.5. The van der Waals surface area contributed by atoms with Crippen LogP contribution in [0.5, 0.6) is 0 Å². The summed E-state index contributed by atoms with van der Waals surface area (Å²) in [5, 5.41) is 7.13. The molecule has 0 atom stereocenters. The summed E-state index contributed by atoms with van der Waals surface area (Å²) in [5.74, 6) is -0.355. The number of nitrogens with zero attached hydrogens (tertiary/aromatic N) is 2. The maximum Gasteiger partial charge on any atom is 0.231 e. The monoisotopic (exact) mass is 204 g/mol. The maximum absolute atomic E-state index is 10.5. The van der Waals surface area contributed by atoms with Crippen LogP contribution in [0.4, 0.5) is 0 Å². The molecule has 5 nitrogen and oxygen atoms in total. The molecule has 2 rings (SSSR count). The van der Waals surface area contributed by atoms with Gasteiger partial charge in [-0.25, -0.2) is 4.52 Å². The molecule has 2 aromatic heterocycles. The summed E-state index contributed by atoms with van der Waals surface area (Å²) in [6.45, 7) is 0.778. The van der Waals surface area contributed by atoms with Crippen LogP contribution in [0.3, 0.4) is 0 Å². The van der Waals surface area contributed by atoms with Crippen LogP contribution in [0.1, 0.15) is 5.56 Å². The lowest BCUT2D eigenvalue weighted by Gasteiger charge is -2.00. The van der Waals surface area contributed by atoms with Crippen molar-refractivity contribution in [1.29, 1.82) is 0 Å². The smallest absolute Gasteiger partial charge is 0.231 e. The fourth-order valence-electron chi connectivity index (χ4n) is 1.44. The molecular weight excluding hydrogens is 192 g/mol. The van der Waals surface area contributed by atoms with Crippen LogP contribution in [-0.4, -0.2) is 22.1 Å². The molecular formula is C10H12N4O. The van der Waals surface area contributed by atoms with E-state index in [9.17, 15) is 4.79 Å². The Morgan fingerprint density at radius 1 is 1.53 bits per heavy atom. The average molecular weight is 204 g/mol. The minimum absolute atomic E-state index is 0.185. The number of nitrogens with two attached hydrogens (primary N) is 1. The lowest BCUT2D eigenvalue weighted by Crippen LogP contribution is -2.27. The quantitative estimate of drug-likeness (QED) is 0.731. The zero-order valence-corrected chi connectivity index (χ0v) is 8.18. The van der Waals surface area contributed by atoms with Crippen LogP contribution in [0, 0.1) is 0 Å². The highest BCUT2D eigenvalue weighted by atomic mass is 16.1. The van der Waals surface area contributed by atoms with E-state index in [-0.39, 0.29) is 12.5 Å². The molecule has 0 unspecified atom stereocenters. The number of pyridine rings is 1. The fraction of sp³-hybridized carbons (Fsp3) is 0.200.